The topological polar surface area (TPSA) is 35.6 Å². The molecule has 2 atom stereocenters. The molecular formula is C16H27N3OS. The van der Waals surface area contributed by atoms with Crippen LogP contribution in [-0.4, -0.2) is 48.9 Å². The largest absolute Gasteiger partial charge is 0.322 e. The standard InChI is InChI=1S/C16H27N3OS/c1-4-7-14-16(20)19(10-6-5-9-18(2)3)15(17-14)13-8-11-21-12-13/h8,11-12,14-15,17H,4-7,9-10H2,1-3H3. The van der Waals surface area contributed by atoms with E-state index < -0.39 is 0 Å². The molecule has 1 aromatic rings. The van der Waals surface area contributed by atoms with Crippen molar-refractivity contribution < 1.29 is 4.79 Å². The number of nitrogens with zero attached hydrogens (tertiary/aromatic N) is 2. The van der Waals surface area contributed by atoms with Crippen LogP contribution in [0.25, 0.3) is 0 Å². The fraction of sp³-hybridized carbons (Fsp3) is 0.688. The van der Waals surface area contributed by atoms with Gasteiger partial charge in [0.2, 0.25) is 5.91 Å². The summed E-state index contributed by atoms with van der Waals surface area (Å²) >= 11 is 1.69. The van der Waals surface area contributed by atoms with Gasteiger partial charge in [-0.3, -0.25) is 10.1 Å². The van der Waals surface area contributed by atoms with E-state index in [0.717, 1.165) is 38.8 Å². The van der Waals surface area contributed by atoms with Crippen molar-refractivity contribution in [3.63, 3.8) is 0 Å². The van der Waals surface area contributed by atoms with Gasteiger partial charge in [0.1, 0.15) is 6.17 Å². The van der Waals surface area contributed by atoms with Gasteiger partial charge in [0.05, 0.1) is 6.04 Å². The van der Waals surface area contributed by atoms with E-state index in [-0.39, 0.29) is 18.1 Å². The highest BCUT2D eigenvalue weighted by atomic mass is 32.1. The van der Waals surface area contributed by atoms with Gasteiger partial charge < -0.3 is 9.80 Å². The summed E-state index contributed by atoms with van der Waals surface area (Å²) in [5.74, 6) is 0.276. The minimum absolute atomic E-state index is 0.00579. The molecule has 1 aromatic heterocycles. The molecule has 1 N–H and O–H groups in total. The molecule has 0 spiro atoms. The summed E-state index contributed by atoms with van der Waals surface area (Å²) in [5.41, 5.74) is 1.22. The lowest BCUT2D eigenvalue weighted by atomic mass is 10.1. The minimum Gasteiger partial charge on any atom is -0.322 e. The molecule has 118 valence electrons. The number of carbonyl (C=O) groups is 1. The maximum absolute atomic E-state index is 12.6. The predicted octanol–water partition coefficient (Wildman–Crippen LogP) is 2.69. The number of unbranched alkanes of at least 4 members (excludes halogenated alkanes) is 1. The van der Waals surface area contributed by atoms with Crippen LogP contribution in [0.5, 0.6) is 0 Å². The second-order valence-electron chi connectivity index (χ2n) is 6.01. The molecule has 5 heteroatoms. The van der Waals surface area contributed by atoms with Crippen molar-refractivity contribution >= 4 is 17.2 Å². The first-order chi connectivity index (χ1) is 10.1. The number of carbonyl (C=O) groups excluding carboxylic acids is 1. The molecular weight excluding hydrogens is 282 g/mol. The highest BCUT2D eigenvalue weighted by Crippen LogP contribution is 2.28. The van der Waals surface area contributed by atoms with Crippen molar-refractivity contribution in [3.05, 3.63) is 22.4 Å². The zero-order valence-electron chi connectivity index (χ0n) is 13.3. The average Bonchev–Trinajstić information content (AvgIpc) is 3.05. The molecule has 21 heavy (non-hydrogen) atoms. The Labute approximate surface area is 132 Å². The molecule has 0 saturated carbocycles. The van der Waals surface area contributed by atoms with Gasteiger partial charge >= 0.3 is 0 Å². The Morgan fingerprint density at radius 3 is 2.81 bits per heavy atom. The van der Waals surface area contributed by atoms with Crippen LogP contribution in [0.4, 0.5) is 0 Å². The molecule has 1 aliphatic heterocycles. The summed E-state index contributed by atoms with van der Waals surface area (Å²) < 4.78 is 0. The summed E-state index contributed by atoms with van der Waals surface area (Å²) in [4.78, 5) is 16.8. The number of thiophene rings is 1. The van der Waals surface area contributed by atoms with E-state index in [2.05, 4.69) is 48.1 Å². The van der Waals surface area contributed by atoms with Crippen molar-refractivity contribution in [1.29, 1.82) is 0 Å². The van der Waals surface area contributed by atoms with Gasteiger partial charge in [0.15, 0.2) is 0 Å². The Morgan fingerprint density at radius 2 is 2.19 bits per heavy atom. The molecule has 2 unspecified atom stereocenters. The Hall–Kier alpha value is -0.910. The Balaban J connectivity index is 1.98. The lowest BCUT2D eigenvalue weighted by Crippen LogP contribution is -2.32. The van der Waals surface area contributed by atoms with Crippen molar-refractivity contribution in [2.24, 2.45) is 0 Å². The van der Waals surface area contributed by atoms with E-state index >= 15 is 0 Å². The maximum Gasteiger partial charge on any atom is 0.241 e. The van der Waals surface area contributed by atoms with Gasteiger partial charge in [-0.15, -0.1) is 0 Å². The van der Waals surface area contributed by atoms with Crippen molar-refractivity contribution in [2.75, 3.05) is 27.2 Å². The first-order valence-corrected chi connectivity index (χ1v) is 8.81. The third-order valence-electron chi connectivity index (χ3n) is 3.94. The molecule has 2 heterocycles. The van der Waals surface area contributed by atoms with Gasteiger partial charge in [0.25, 0.3) is 0 Å². The number of rotatable bonds is 8. The molecule has 0 radical (unpaired) electrons. The van der Waals surface area contributed by atoms with Gasteiger partial charge in [-0.25, -0.2) is 0 Å². The SMILES string of the molecule is CCCC1NC(c2ccsc2)N(CCCCN(C)C)C1=O. The zero-order chi connectivity index (χ0) is 15.2. The van der Waals surface area contributed by atoms with Crippen molar-refractivity contribution in [2.45, 2.75) is 44.8 Å². The fourth-order valence-corrected chi connectivity index (χ4v) is 3.51. The molecule has 1 aliphatic rings. The number of amides is 1. The number of hydrogen-bond acceptors (Lipinski definition) is 4. The molecule has 1 amide bonds. The molecule has 0 aromatic carbocycles. The highest BCUT2D eigenvalue weighted by Gasteiger charge is 2.38. The third-order valence-corrected chi connectivity index (χ3v) is 4.64. The summed E-state index contributed by atoms with van der Waals surface area (Å²) in [7, 11) is 4.18. The van der Waals surface area contributed by atoms with Crippen LogP contribution in [0.3, 0.4) is 0 Å². The number of hydrogen-bond donors (Lipinski definition) is 1. The lowest BCUT2D eigenvalue weighted by Gasteiger charge is -2.24. The predicted molar refractivity (Wildman–Crippen MR) is 88.4 cm³/mol. The third kappa shape index (κ3) is 4.28. The lowest BCUT2D eigenvalue weighted by molar-refractivity contribution is -0.130. The molecule has 1 saturated heterocycles. The Bertz CT molecular complexity index is 433. The highest BCUT2D eigenvalue weighted by molar-refractivity contribution is 7.07. The van der Waals surface area contributed by atoms with E-state index in [1.165, 1.54) is 5.56 Å². The van der Waals surface area contributed by atoms with Crippen molar-refractivity contribution in [3.8, 4) is 0 Å². The summed E-state index contributed by atoms with van der Waals surface area (Å²) in [6, 6.07) is 2.12. The second-order valence-corrected chi connectivity index (χ2v) is 6.79. The summed E-state index contributed by atoms with van der Waals surface area (Å²) in [6.07, 6.45) is 4.22. The average molecular weight is 309 g/mol. The quantitative estimate of drug-likeness (QED) is 0.750. The smallest absolute Gasteiger partial charge is 0.241 e. The molecule has 1 fully saturated rings. The maximum atomic E-state index is 12.6. The van der Waals surface area contributed by atoms with E-state index in [1.54, 1.807) is 11.3 Å². The Morgan fingerprint density at radius 1 is 1.38 bits per heavy atom. The first-order valence-electron chi connectivity index (χ1n) is 7.86. The van der Waals surface area contributed by atoms with E-state index in [9.17, 15) is 4.79 Å². The van der Waals surface area contributed by atoms with Crippen LogP contribution in [0.1, 0.15) is 44.3 Å². The Kier molecular flexibility index (Phi) is 6.21. The van der Waals surface area contributed by atoms with E-state index in [4.69, 9.17) is 0 Å². The van der Waals surface area contributed by atoms with Crippen LogP contribution in [0.15, 0.2) is 16.8 Å². The van der Waals surface area contributed by atoms with Gasteiger partial charge in [-0.05, 0) is 62.3 Å². The minimum atomic E-state index is -0.00579. The van der Waals surface area contributed by atoms with Gasteiger partial charge in [-0.1, -0.05) is 13.3 Å². The second kappa shape index (κ2) is 7.92. The first kappa shape index (κ1) is 16.5. The fourth-order valence-electron chi connectivity index (χ4n) is 2.83. The molecule has 0 bridgehead atoms. The van der Waals surface area contributed by atoms with Crippen LogP contribution in [-0.2, 0) is 4.79 Å². The zero-order valence-corrected chi connectivity index (χ0v) is 14.2. The summed E-state index contributed by atoms with van der Waals surface area (Å²) in [6.45, 7) is 4.06. The molecule has 0 aliphatic carbocycles. The normalized spacial score (nSPS) is 22.5. The van der Waals surface area contributed by atoms with E-state index in [0.29, 0.717) is 0 Å². The van der Waals surface area contributed by atoms with Crippen molar-refractivity contribution in [1.82, 2.24) is 15.1 Å². The summed E-state index contributed by atoms with van der Waals surface area (Å²) in [5, 5.41) is 7.74. The molecule has 2 rings (SSSR count). The molecule has 4 nitrogen and oxygen atoms in total. The number of nitrogens with one attached hydrogen (secondary N) is 1. The van der Waals surface area contributed by atoms with Gasteiger partial charge in [0, 0.05) is 6.54 Å². The van der Waals surface area contributed by atoms with Crippen LogP contribution < -0.4 is 5.32 Å². The van der Waals surface area contributed by atoms with E-state index in [1.807, 2.05) is 4.90 Å². The monoisotopic (exact) mass is 309 g/mol. The van der Waals surface area contributed by atoms with Crippen LogP contribution >= 0.6 is 11.3 Å². The van der Waals surface area contributed by atoms with Crippen LogP contribution in [0.2, 0.25) is 0 Å². The van der Waals surface area contributed by atoms with Gasteiger partial charge in [-0.2, -0.15) is 11.3 Å². The van der Waals surface area contributed by atoms with Crippen LogP contribution in [0, 0.1) is 0 Å².